The average molecular weight is 311 g/mol. The Kier molecular flexibility index (Phi) is 3.91. The summed E-state index contributed by atoms with van der Waals surface area (Å²) < 4.78 is 29.2. The molecule has 0 aliphatic carbocycles. The maximum atomic E-state index is 11.9. The van der Waals surface area contributed by atoms with Crippen molar-refractivity contribution < 1.29 is 17.8 Å². The summed E-state index contributed by atoms with van der Waals surface area (Å²) in [7, 11) is -0.637. The minimum Gasteiger partial charge on any atom is -0.379 e. The first-order chi connectivity index (χ1) is 9.82. The minimum atomic E-state index is -3.51. The van der Waals surface area contributed by atoms with Crippen LogP contribution in [0.1, 0.15) is 10.5 Å². The standard InChI is InChI=1S/C11H13N5O4S/c1-16(2)21(18,19)8-5-3-7(4-6-8)13-11(17)9-10(12)15-20-14-9/h3-6H,1-2H3,(H2,12,15)(H,13,17). The fourth-order valence-corrected chi connectivity index (χ4v) is 2.37. The van der Waals surface area contributed by atoms with Crippen molar-refractivity contribution in [2.45, 2.75) is 4.90 Å². The number of hydrogen-bond donors (Lipinski definition) is 2. The van der Waals surface area contributed by atoms with Gasteiger partial charge in [0.1, 0.15) is 0 Å². The number of carbonyl (C=O) groups excluding carboxylic acids is 1. The van der Waals surface area contributed by atoms with E-state index < -0.39 is 15.9 Å². The van der Waals surface area contributed by atoms with Crippen molar-refractivity contribution in [3.8, 4) is 0 Å². The minimum absolute atomic E-state index is 0.119. The van der Waals surface area contributed by atoms with Crippen LogP contribution < -0.4 is 11.1 Å². The van der Waals surface area contributed by atoms with E-state index in [0.717, 1.165) is 4.31 Å². The first-order valence-electron chi connectivity index (χ1n) is 5.74. The number of anilines is 2. The molecule has 1 heterocycles. The van der Waals surface area contributed by atoms with E-state index >= 15 is 0 Å². The molecule has 0 bridgehead atoms. The summed E-state index contributed by atoms with van der Waals surface area (Å²) in [6, 6.07) is 5.68. The van der Waals surface area contributed by atoms with Crippen LogP contribution in [0.2, 0.25) is 0 Å². The molecule has 0 atom stereocenters. The first-order valence-corrected chi connectivity index (χ1v) is 7.18. The number of rotatable bonds is 4. The van der Waals surface area contributed by atoms with E-state index in [2.05, 4.69) is 20.3 Å². The van der Waals surface area contributed by atoms with Crippen molar-refractivity contribution in [1.29, 1.82) is 0 Å². The summed E-state index contributed by atoms with van der Waals surface area (Å²) in [5, 5.41) is 9.16. The summed E-state index contributed by atoms with van der Waals surface area (Å²) in [5.41, 5.74) is 5.65. The second-order valence-electron chi connectivity index (χ2n) is 4.26. The third-order valence-corrected chi connectivity index (χ3v) is 4.45. The molecule has 1 aromatic carbocycles. The second kappa shape index (κ2) is 5.50. The van der Waals surface area contributed by atoms with E-state index in [1.807, 2.05) is 0 Å². The van der Waals surface area contributed by atoms with Gasteiger partial charge in [-0.05, 0) is 34.6 Å². The molecule has 10 heteroatoms. The molecular formula is C11H13N5O4S. The lowest BCUT2D eigenvalue weighted by Crippen LogP contribution is -2.22. The van der Waals surface area contributed by atoms with Crippen LogP contribution in [0.4, 0.5) is 11.5 Å². The third kappa shape index (κ3) is 3.01. The van der Waals surface area contributed by atoms with Gasteiger partial charge in [0.05, 0.1) is 4.90 Å². The second-order valence-corrected chi connectivity index (χ2v) is 6.42. The number of nitrogen functional groups attached to an aromatic ring is 1. The maximum absolute atomic E-state index is 11.9. The molecule has 21 heavy (non-hydrogen) atoms. The molecular weight excluding hydrogens is 298 g/mol. The van der Waals surface area contributed by atoms with Gasteiger partial charge in [-0.2, -0.15) is 0 Å². The number of carbonyl (C=O) groups is 1. The molecule has 0 fully saturated rings. The zero-order valence-electron chi connectivity index (χ0n) is 11.3. The van der Waals surface area contributed by atoms with E-state index in [4.69, 9.17) is 5.73 Å². The summed E-state index contributed by atoms with van der Waals surface area (Å²) in [4.78, 5) is 11.9. The van der Waals surface area contributed by atoms with Gasteiger partial charge in [-0.25, -0.2) is 17.4 Å². The number of nitrogens with one attached hydrogen (secondary N) is 1. The number of benzene rings is 1. The van der Waals surface area contributed by atoms with Crippen LogP contribution in [0.5, 0.6) is 0 Å². The molecule has 9 nitrogen and oxygen atoms in total. The molecule has 2 aromatic rings. The molecule has 0 saturated heterocycles. The van der Waals surface area contributed by atoms with E-state index in [-0.39, 0.29) is 16.4 Å². The molecule has 0 unspecified atom stereocenters. The Morgan fingerprint density at radius 1 is 1.24 bits per heavy atom. The highest BCUT2D eigenvalue weighted by Crippen LogP contribution is 2.17. The first kappa shape index (κ1) is 14.9. The molecule has 2 rings (SSSR count). The quantitative estimate of drug-likeness (QED) is 0.821. The van der Waals surface area contributed by atoms with E-state index in [1.165, 1.54) is 38.4 Å². The normalized spacial score (nSPS) is 11.6. The molecule has 0 spiro atoms. The highest BCUT2D eigenvalue weighted by Gasteiger charge is 2.18. The average Bonchev–Trinajstić information content (AvgIpc) is 2.85. The Morgan fingerprint density at radius 3 is 2.33 bits per heavy atom. The van der Waals surface area contributed by atoms with Crippen molar-refractivity contribution in [2.75, 3.05) is 25.1 Å². The number of sulfonamides is 1. The summed E-state index contributed by atoms with van der Waals surface area (Å²) in [6.45, 7) is 0. The van der Waals surface area contributed by atoms with Crippen molar-refractivity contribution in [3.05, 3.63) is 30.0 Å². The lowest BCUT2D eigenvalue weighted by molar-refractivity contribution is 0.101. The fraction of sp³-hybridized carbons (Fsp3) is 0.182. The van der Waals surface area contributed by atoms with Crippen LogP contribution in [-0.4, -0.2) is 43.0 Å². The van der Waals surface area contributed by atoms with Crippen LogP contribution in [-0.2, 0) is 10.0 Å². The van der Waals surface area contributed by atoms with Gasteiger partial charge in [0.15, 0.2) is 0 Å². The van der Waals surface area contributed by atoms with Gasteiger partial charge in [0, 0.05) is 19.8 Å². The molecule has 0 aliphatic rings. The van der Waals surface area contributed by atoms with Crippen molar-refractivity contribution in [2.24, 2.45) is 0 Å². The van der Waals surface area contributed by atoms with Gasteiger partial charge in [-0.1, -0.05) is 0 Å². The van der Waals surface area contributed by atoms with Gasteiger partial charge in [0.25, 0.3) is 5.91 Å². The Bertz CT molecular complexity index is 751. The molecule has 1 aromatic heterocycles. The largest absolute Gasteiger partial charge is 0.379 e. The van der Waals surface area contributed by atoms with Crippen LogP contribution >= 0.6 is 0 Å². The number of nitrogens with two attached hydrogens (primary N) is 1. The monoisotopic (exact) mass is 311 g/mol. The molecule has 3 N–H and O–H groups in total. The molecule has 0 saturated carbocycles. The number of hydrogen-bond acceptors (Lipinski definition) is 7. The molecule has 1 amide bonds. The van der Waals surface area contributed by atoms with Crippen LogP contribution in [0.25, 0.3) is 0 Å². The fourth-order valence-electron chi connectivity index (χ4n) is 1.46. The van der Waals surface area contributed by atoms with Crippen molar-refractivity contribution >= 4 is 27.4 Å². The molecule has 0 aliphatic heterocycles. The van der Waals surface area contributed by atoms with E-state index in [0.29, 0.717) is 5.69 Å². The highest BCUT2D eigenvalue weighted by atomic mass is 32.2. The van der Waals surface area contributed by atoms with Crippen molar-refractivity contribution in [1.82, 2.24) is 14.6 Å². The van der Waals surface area contributed by atoms with Crippen molar-refractivity contribution in [3.63, 3.8) is 0 Å². The lowest BCUT2D eigenvalue weighted by Gasteiger charge is -2.11. The lowest BCUT2D eigenvalue weighted by atomic mass is 10.3. The van der Waals surface area contributed by atoms with Gasteiger partial charge < -0.3 is 11.1 Å². The van der Waals surface area contributed by atoms with Crippen LogP contribution in [0.15, 0.2) is 33.8 Å². The Labute approximate surface area is 120 Å². The predicted octanol–water partition coefficient (Wildman–Crippen LogP) is 0.154. The predicted molar refractivity (Wildman–Crippen MR) is 74.0 cm³/mol. The van der Waals surface area contributed by atoms with Crippen LogP contribution in [0.3, 0.4) is 0 Å². The number of aromatic nitrogens is 2. The van der Waals surface area contributed by atoms with Crippen LogP contribution in [0, 0.1) is 0 Å². The smallest absolute Gasteiger partial charge is 0.281 e. The maximum Gasteiger partial charge on any atom is 0.281 e. The topological polar surface area (TPSA) is 131 Å². The third-order valence-electron chi connectivity index (χ3n) is 2.62. The summed E-state index contributed by atoms with van der Waals surface area (Å²) >= 11 is 0. The Balaban J connectivity index is 2.17. The Hall–Kier alpha value is -2.46. The van der Waals surface area contributed by atoms with Gasteiger partial charge in [-0.15, -0.1) is 0 Å². The summed E-state index contributed by atoms with van der Waals surface area (Å²) in [5.74, 6) is -0.726. The summed E-state index contributed by atoms with van der Waals surface area (Å²) in [6.07, 6.45) is 0. The molecule has 0 radical (unpaired) electrons. The highest BCUT2D eigenvalue weighted by molar-refractivity contribution is 7.89. The van der Waals surface area contributed by atoms with E-state index in [9.17, 15) is 13.2 Å². The van der Waals surface area contributed by atoms with Gasteiger partial charge >= 0.3 is 0 Å². The number of amides is 1. The van der Waals surface area contributed by atoms with Gasteiger partial charge in [0.2, 0.25) is 21.5 Å². The zero-order chi connectivity index (χ0) is 15.6. The van der Waals surface area contributed by atoms with E-state index in [1.54, 1.807) is 0 Å². The SMILES string of the molecule is CN(C)S(=O)(=O)c1ccc(NC(=O)c2nonc2N)cc1. The Morgan fingerprint density at radius 2 is 1.86 bits per heavy atom. The zero-order valence-corrected chi connectivity index (χ0v) is 12.1. The number of nitrogens with zero attached hydrogens (tertiary/aromatic N) is 3. The molecule has 112 valence electrons. The van der Waals surface area contributed by atoms with Gasteiger partial charge in [-0.3, -0.25) is 4.79 Å².